The molecule has 0 saturated carbocycles. The summed E-state index contributed by atoms with van der Waals surface area (Å²) in [5.41, 5.74) is 0.743. The Kier molecular flexibility index (Phi) is 12.0. The summed E-state index contributed by atoms with van der Waals surface area (Å²) < 4.78 is 196. The van der Waals surface area contributed by atoms with Gasteiger partial charge < -0.3 is 4.18 Å². The van der Waals surface area contributed by atoms with Gasteiger partial charge in [-0.2, -0.15) is 50.9 Å². The smallest absolute Gasteiger partial charge is 0.340 e. The third-order valence-corrected chi connectivity index (χ3v) is 11.8. The third-order valence-electron chi connectivity index (χ3n) is 6.07. The van der Waals surface area contributed by atoms with Gasteiger partial charge in [0.25, 0.3) is 31.8 Å². The van der Waals surface area contributed by atoms with E-state index in [4.69, 9.17) is 4.18 Å². The number of halogens is 6. The fourth-order valence-corrected chi connectivity index (χ4v) is 8.29. The van der Waals surface area contributed by atoms with E-state index in [-0.39, 0.29) is 17.6 Å². The van der Waals surface area contributed by atoms with Crippen molar-refractivity contribution in [2.24, 2.45) is 0 Å². The van der Waals surface area contributed by atoms with Gasteiger partial charge >= 0.3 is 30.4 Å². The maximum atomic E-state index is 11.9. The Hall–Kier alpha value is -3.89. The molecule has 0 aliphatic carbocycles. The normalized spacial score (nSPS) is 25.4. The Bertz CT molecular complexity index is 2530. The molecule has 26 heteroatoms. The molecule has 8 rings (SSSR count). The highest BCUT2D eigenvalue weighted by Gasteiger charge is 2.40. The Balaban J connectivity index is 0.000000148. The van der Waals surface area contributed by atoms with Crippen molar-refractivity contribution in [1.82, 2.24) is 0 Å². The monoisotopic (exact) mass is 844 g/mol. The number of fused-ring (bicyclic) bond motifs is 1. The molecule has 15 nitrogen and oxygen atoms in total. The van der Waals surface area contributed by atoms with E-state index in [1.165, 1.54) is 0 Å². The van der Waals surface area contributed by atoms with Gasteiger partial charge in [0, 0.05) is 17.0 Å². The Labute approximate surface area is 290 Å². The minimum absolute atomic E-state index is 0.179. The molecule has 284 valence electrons. The summed E-state index contributed by atoms with van der Waals surface area (Å²) in [4.78, 5) is 0.575. The van der Waals surface area contributed by atoms with E-state index in [0.29, 0.717) is 21.4 Å². The van der Waals surface area contributed by atoms with E-state index >= 15 is 0 Å². The summed E-state index contributed by atoms with van der Waals surface area (Å²) in [5.74, 6) is -1.60. The lowest BCUT2D eigenvalue weighted by atomic mass is 10.1. The lowest BCUT2D eigenvalue weighted by Gasteiger charge is -1.94. The second-order valence-corrected chi connectivity index (χ2v) is 17.1. The van der Waals surface area contributed by atoms with E-state index in [1.807, 2.05) is 12.1 Å². The molecule has 0 N–H and O–H groups in total. The molecule has 52 heavy (non-hydrogen) atoms. The van der Waals surface area contributed by atoms with Gasteiger partial charge in [-0.1, -0.05) is 42.5 Å². The van der Waals surface area contributed by atoms with Gasteiger partial charge in [0.1, 0.15) is 4.90 Å². The highest BCUT2D eigenvalue weighted by atomic mass is 32.2. The Morgan fingerprint density at radius 2 is 1.23 bits per heavy atom. The average Bonchev–Trinajstić information content (AvgIpc) is 3.75. The summed E-state index contributed by atoms with van der Waals surface area (Å²) in [6.07, 6.45) is -5.68. The summed E-state index contributed by atoms with van der Waals surface area (Å²) in [5, 5.41) is -1.47. The largest absolute Gasteiger partial charge is 0.378 e. The second-order valence-electron chi connectivity index (χ2n) is 9.60. The third kappa shape index (κ3) is 9.55. The van der Waals surface area contributed by atoms with Crippen molar-refractivity contribution in [3.63, 3.8) is 0 Å². The van der Waals surface area contributed by atoms with E-state index in [2.05, 4.69) is 16.7 Å². The number of rotatable bonds is 0. The topological polar surface area (TPSA) is 217 Å². The molecular weight excluding hydrogens is 827 g/mol. The van der Waals surface area contributed by atoms with Crippen molar-refractivity contribution < 1.29 is 89.3 Å². The van der Waals surface area contributed by atoms with Crippen LogP contribution < -0.4 is 4.18 Å². The first-order chi connectivity index (χ1) is 24.0. The summed E-state index contributed by atoms with van der Waals surface area (Å²) in [6, 6.07) is 17.2. The highest BCUT2D eigenvalue weighted by Crippen LogP contribution is 2.39. The average molecular weight is 845 g/mol. The van der Waals surface area contributed by atoms with Crippen LogP contribution >= 0.6 is 0 Å². The van der Waals surface area contributed by atoms with Crippen LogP contribution in [0.4, 0.5) is 26.3 Å². The van der Waals surface area contributed by atoms with Gasteiger partial charge in [0.05, 0.1) is 16.9 Å². The van der Waals surface area contributed by atoms with Crippen molar-refractivity contribution in [3.8, 4) is 5.75 Å². The molecular formula is C26H18F6O15S5. The highest BCUT2D eigenvalue weighted by molar-refractivity contribution is 7.91. The van der Waals surface area contributed by atoms with Crippen molar-refractivity contribution in [1.29, 1.82) is 0 Å². The zero-order valence-corrected chi connectivity index (χ0v) is 29.0. The lowest BCUT2D eigenvalue weighted by molar-refractivity contribution is 0.0990. The van der Waals surface area contributed by atoms with Crippen LogP contribution in [-0.4, -0.2) is 61.2 Å². The number of alkyl halides is 3. The Morgan fingerprint density at radius 3 is 1.65 bits per heavy atom. The van der Waals surface area contributed by atoms with Gasteiger partial charge in [-0.05, 0) is 29.7 Å². The minimum Gasteiger partial charge on any atom is -0.378 e. The number of benzene rings is 3. The van der Waals surface area contributed by atoms with Gasteiger partial charge in [-0.3, -0.25) is 4.18 Å². The molecule has 0 radical (unpaired) electrons. The van der Waals surface area contributed by atoms with Crippen molar-refractivity contribution in [3.05, 3.63) is 99.9 Å². The van der Waals surface area contributed by atoms with E-state index in [1.54, 1.807) is 48.5 Å². The van der Waals surface area contributed by atoms with Crippen LogP contribution in [0.2, 0.25) is 0 Å². The van der Waals surface area contributed by atoms with Gasteiger partial charge in [-0.15, -0.1) is 0 Å². The van der Waals surface area contributed by atoms with E-state index in [9.17, 15) is 68.4 Å². The van der Waals surface area contributed by atoms with Crippen molar-refractivity contribution in [2.75, 3.05) is 0 Å². The number of hydrogen-bond donors (Lipinski definition) is 0. The maximum Gasteiger partial charge on any atom is 0.340 e. The van der Waals surface area contributed by atoms with Crippen LogP contribution in [0, 0.1) is 0 Å². The summed E-state index contributed by atoms with van der Waals surface area (Å²) in [6.45, 7) is 0.179. The van der Waals surface area contributed by atoms with Crippen LogP contribution in [0.5, 0.6) is 5.75 Å². The molecule has 5 heterocycles. The first-order valence-corrected chi connectivity index (χ1v) is 20.3. The first-order valence-electron chi connectivity index (χ1n) is 13.2. The van der Waals surface area contributed by atoms with Crippen LogP contribution in [0.25, 0.3) is 10.8 Å². The molecule has 3 aromatic carbocycles. The molecule has 3 aromatic rings. The van der Waals surface area contributed by atoms with Crippen LogP contribution in [-0.2, 0) is 73.9 Å². The van der Waals surface area contributed by atoms with Crippen LogP contribution in [0.15, 0.2) is 104 Å². The van der Waals surface area contributed by atoms with E-state index in [0.717, 1.165) is 17.0 Å². The first kappa shape index (κ1) is 40.9. The molecule has 0 aromatic heterocycles. The molecule has 0 bridgehead atoms. The SMILES string of the molecule is O=S1(=O)C=CC(F)O1.O=S1(=O)OC(F)C(F)=C1F.O=S1(=O)OC(F)C=C1F.O=S1(=O)OCc2ccccc21.O=S1(=O)Oc2cccc3cccc1c23. The van der Waals surface area contributed by atoms with Gasteiger partial charge in [0.2, 0.25) is 23.7 Å². The molecule has 0 spiro atoms. The van der Waals surface area contributed by atoms with Gasteiger partial charge in [0.15, 0.2) is 5.75 Å². The van der Waals surface area contributed by atoms with Crippen LogP contribution in [0.3, 0.4) is 0 Å². The quantitative estimate of drug-likeness (QED) is 0.229. The fourth-order valence-electron chi connectivity index (χ4n) is 3.92. The van der Waals surface area contributed by atoms with Crippen molar-refractivity contribution >= 4 is 61.4 Å². The maximum absolute atomic E-state index is 11.9. The molecule has 3 atom stereocenters. The van der Waals surface area contributed by atoms with Gasteiger partial charge in [-0.25, -0.2) is 30.1 Å². The molecule has 0 fully saturated rings. The molecule has 0 saturated heterocycles. The zero-order valence-electron chi connectivity index (χ0n) is 24.9. The second kappa shape index (κ2) is 15.2. The molecule has 3 unspecified atom stereocenters. The Morgan fingerprint density at radius 1 is 0.615 bits per heavy atom. The lowest BCUT2D eigenvalue weighted by Crippen LogP contribution is -2.03. The van der Waals surface area contributed by atoms with Crippen molar-refractivity contribution in [2.45, 2.75) is 35.5 Å². The summed E-state index contributed by atoms with van der Waals surface area (Å²) in [7, 11) is -19.7. The summed E-state index contributed by atoms with van der Waals surface area (Å²) >= 11 is 0. The fraction of sp³-hybridized carbons (Fsp3) is 0.154. The predicted molar refractivity (Wildman–Crippen MR) is 162 cm³/mol. The minimum atomic E-state index is -4.76. The predicted octanol–water partition coefficient (Wildman–Crippen LogP) is 4.19. The van der Waals surface area contributed by atoms with Crippen LogP contribution in [0.1, 0.15) is 5.56 Å². The zero-order chi connectivity index (χ0) is 38.9. The van der Waals surface area contributed by atoms with E-state index < -0.39 is 85.8 Å². The molecule has 5 aliphatic heterocycles. The molecule has 5 aliphatic rings. The standard InChI is InChI=1S/C10H6O3S.C7H6O3S.C3HF3O3S.C3H2F2O3S.C3H3FO3S/c11-14(12)9-6-2-4-7-3-1-5-8(13-14)10(7)9;8-11(9)7-4-2-1-3-6(7)5-10-11;4-1-2(5)9-10(7,8)3(1)6;4-2-1-3(5)9(6,7)8-2;4-3-1-2-8(5,6)7-3/h1-6H;1-4H,5H2;2H;1-2H;1-3H. The molecule has 0 amide bonds. The number of hydrogen-bond acceptors (Lipinski definition) is 15.